The fourth-order valence-electron chi connectivity index (χ4n) is 4.45. The second kappa shape index (κ2) is 8.71. The number of aromatic amines is 1. The Morgan fingerprint density at radius 2 is 1.72 bits per heavy atom. The van der Waals surface area contributed by atoms with Crippen molar-refractivity contribution in [2.45, 2.75) is 19.3 Å². The third-order valence-electron chi connectivity index (χ3n) is 6.21. The SMILES string of the molecule is C#CCN1CCC(C(=O)N2CCN(C(=O)Cc3c[nH]c4ccccc34)CC2)CC1. The number of hydrogen-bond donors (Lipinski definition) is 1. The Labute approximate surface area is 171 Å². The normalized spacial score (nSPS) is 18.7. The Bertz CT molecular complexity index is 912. The molecule has 0 spiro atoms. The van der Waals surface area contributed by atoms with Gasteiger partial charge in [-0.25, -0.2) is 0 Å². The number of nitrogens with one attached hydrogen (secondary N) is 1. The maximum atomic E-state index is 12.9. The number of terminal acetylenes is 1. The molecule has 2 aliphatic rings. The molecule has 0 bridgehead atoms. The molecule has 2 amide bonds. The Kier molecular flexibility index (Phi) is 5.86. The number of carbonyl (C=O) groups is 2. The largest absolute Gasteiger partial charge is 0.361 e. The Morgan fingerprint density at radius 3 is 2.45 bits per heavy atom. The van der Waals surface area contributed by atoms with Crippen molar-refractivity contribution in [3.8, 4) is 12.3 Å². The van der Waals surface area contributed by atoms with Gasteiger partial charge in [-0.3, -0.25) is 14.5 Å². The van der Waals surface area contributed by atoms with Gasteiger partial charge in [0.1, 0.15) is 0 Å². The highest BCUT2D eigenvalue weighted by atomic mass is 16.2. The molecule has 6 heteroatoms. The number of likely N-dealkylation sites (tertiary alicyclic amines) is 1. The van der Waals surface area contributed by atoms with E-state index in [9.17, 15) is 9.59 Å². The van der Waals surface area contributed by atoms with Crippen LogP contribution in [0.3, 0.4) is 0 Å². The average Bonchev–Trinajstić information content (AvgIpc) is 3.17. The lowest BCUT2D eigenvalue weighted by molar-refractivity contribution is -0.142. The topological polar surface area (TPSA) is 59.7 Å². The summed E-state index contributed by atoms with van der Waals surface area (Å²) in [4.78, 5) is 34.9. The summed E-state index contributed by atoms with van der Waals surface area (Å²) in [5.74, 6) is 3.15. The molecule has 2 aliphatic heterocycles. The monoisotopic (exact) mass is 392 g/mol. The van der Waals surface area contributed by atoms with Crippen LogP contribution in [-0.2, 0) is 16.0 Å². The lowest BCUT2D eigenvalue weighted by atomic mass is 9.95. The molecule has 1 aromatic carbocycles. The summed E-state index contributed by atoms with van der Waals surface area (Å²) >= 11 is 0. The molecular formula is C23H28N4O2. The van der Waals surface area contributed by atoms with Crippen LogP contribution in [-0.4, -0.2) is 77.3 Å². The van der Waals surface area contributed by atoms with Crippen molar-refractivity contribution < 1.29 is 9.59 Å². The molecule has 2 aromatic rings. The van der Waals surface area contributed by atoms with Crippen LogP contribution in [0.1, 0.15) is 18.4 Å². The summed E-state index contributed by atoms with van der Waals surface area (Å²) in [5.41, 5.74) is 2.09. The van der Waals surface area contributed by atoms with E-state index in [1.807, 2.05) is 40.3 Å². The average molecular weight is 393 g/mol. The number of fused-ring (bicyclic) bond motifs is 1. The Morgan fingerprint density at radius 1 is 1.03 bits per heavy atom. The highest BCUT2D eigenvalue weighted by molar-refractivity contribution is 5.89. The zero-order valence-corrected chi connectivity index (χ0v) is 16.8. The number of piperazine rings is 1. The fourth-order valence-corrected chi connectivity index (χ4v) is 4.45. The van der Waals surface area contributed by atoms with Crippen molar-refractivity contribution in [1.29, 1.82) is 0 Å². The minimum absolute atomic E-state index is 0.0949. The zero-order chi connectivity index (χ0) is 20.2. The number of rotatable bonds is 4. The third kappa shape index (κ3) is 4.30. The Hall–Kier alpha value is -2.78. The second-order valence-electron chi connectivity index (χ2n) is 8.00. The number of H-pyrrole nitrogens is 1. The molecule has 4 rings (SSSR count). The minimum Gasteiger partial charge on any atom is -0.361 e. The van der Waals surface area contributed by atoms with Crippen LogP contribution in [0.25, 0.3) is 10.9 Å². The van der Waals surface area contributed by atoms with Crippen molar-refractivity contribution in [3.63, 3.8) is 0 Å². The van der Waals surface area contributed by atoms with Crippen molar-refractivity contribution in [1.82, 2.24) is 19.7 Å². The first-order chi connectivity index (χ1) is 14.2. The van der Waals surface area contributed by atoms with Gasteiger partial charge < -0.3 is 14.8 Å². The van der Waals surface area contributed by atoms with E-state index in [0.717, 1.165) is 42.4 Å². The summed E-state index contributed by atoms with van der Waals surface area (Å²) in [6, 6.07) is 8.04. The van der Waals surface area contributed by atoms with Gasteiger partial charge >= 0.3 is 0 Å². The number of amides is 2. The second-order valence-corrected chi connectivity index (χ2v) is 8.00. The number of para-hydroxylation sites is 1. The van der Waals surface area contributed by atoms with E-state index in [2.05, 4.69) is 15.8 Å². The Balaban J connectivity index is 1.27. The van der Waals surface area contributed by atoms with E-state index < -0.39 is 0 Å². The summed E-state index contributed by atoms with van der Waals surface area (Å²) in [5, 5.41) is 1.10. The highest BCUT2D eigenvalue weighted by Crippen LogP contribution is 2.21. The summed E-state index contributed by atoms with van der Waals surface area (Å²) in [6.07, 6.45) is 9.45. The molecule has 152 valence electrons. The standard InChI is InChI=1S/C23H28N4O2/c1-2-9-25-10-7-18(8-11-25)23(29)27-14-12-26(13-15-27)22(28)16-19-17-24-21-6-4-3-5-20(19)21/h1,3-6,17-18,24H,7-16H2. The molecule has 1 N–H and O–H groups in total. The molecule has 0 saturated carbocycles. The molecule has 3 heterocycles. The summed E-state index contributed by atoms with van der Waals surface area (Å²) in [6.45, 7) is 4.93. The molecule has 0 unspecified atom stereocenters. The lowest BCUT2D eigenvalue weighted by Gasteiger charge is -2.38. The number of hydrogen-bond acceptors (Lipinski definition) is 3. The number of nitrogens with zero attached hydrogens (tertiary/aromatic N) is 3. The van der Waals surface area contributed by atoms with Crippen LogP contribution < -0.4 is 0 Å². The van der Waals surface area contributed by atoms with Gasteiger partial charge in [-0.15, -0.1) is 6.42 Å². The molecule has 0 aliphatic carbocycles. The van der Waals surface area contributed by atoms with Gasteiger partial charge in [0.2, 0.25) is 11.8 Å². The lowest BCUT2D eigenvalue weighted by Crippen LogP contribution is -2.53. The predicted octanol–water partition coefficient (Wildman–Crippen LogP) is 1.73. The molecule has 6 nitrogen and oxygen atoms in total. The molecule has 1 aromatic heterocycles. The van der Waals surface area contributed by atoms with Crippen LogP contribution >= 0.6 is 0 Å². The van der Waals surface area contributed by atoms with Crippen LogP contribution in [0.2, 0.25) is 0 Å². The van der Waals surface area contributed by atoms with E-state index in [4.69, 9.17) is 6.42 Å². The molecule has 2 fully saturated rings. The van der Waals surface area contributed by atoms with Crippen molar-refractivity contribution in [3.05, 3.63) is 36.0 Å². The maximum absolute atomic E-state index is 12.9. The fraction of sp³-hybridized carbons (Fsp3) is 0.478. The van der Waals surface area contributed by atoms with Gasteiger partial charge in [-0.1, -0.05) is 24.1 Å². The van der Waals surface area contributed by atoms with Gasteiger partial charge in [0.05, 0.1) is 13.0 Å². The summed E-state index contributed by atoms with van der Waals surface area (Å²) in [7, 11) is 0. The van der Waals surface area contributed by atoms with Crippen LogP contribution in [0, 0.1) is 18.3 Å². The van der Waals surface area contributed by atoms with Crippen molar-refractivity contribution >= 4 is 22.7 Å². The molecular weight excluding hydrogens is 364 g/mol. The molecule has 29 heavy (non-hydrogen) atoms. The minimum atomic E-state index is 0.0949. The third-order valence-corrected chi connectivity index (χ3v) is 6.21. The number of benzene rings is 1. The number of aromatic nitrogens is 1. The van der Waals surface area contributed by atoms with Crippen molar-refractivity contribution in [2.24, 2.45) is 5.92 Å². The van der Waals surface area contributed by atoms with Crippen molar-refractivity contribution in [2.75, 3.05) is 45.8 Å². The van der Waals surface area contributed by atoms with Gasteiger partial charge in [-0.2, -0.15) is 0 Å². The van der Waals surface area contributed by atoms with Crippen LogP contribution in [0.4, 0.5) is 0 Å². The zero-order valence-electron chi connectivity index (χ0n) is 16.8. The van der Waals surface area contributed by atoms with E-state index in [1.165, 1.54) is 0 Å². The number of carbonyl (C=O) groups excluding carboxylic acids is 2. The van der Waals surface area contributed by atoms with Crippen LogP contribution in [0.5, 0.6) is 0 Å². The first kappa shape index (κ1) is 19.5. The summed E-state index contributed by atoms with van der Waals surface area (Å²) < 4.78 is 0. The van der Waals surface area contributed by atoms with Gasteiger partial charge in [-0.05, 0) is 37.6 Å². The molecule has 0 radical (unpaired) electrons. The van der Waals surface area contributed by atoms with E-state index in [-0.39, 0.29) is 17.7 Å². The van der Waals surface area contributed by atoms with Crippen LogP contribution in [0.15, 0.2) is 30.5 Å². The number of piperidine rings is 1. The van der Waals surface area contributed by atoms with E-state index in [1.54, 1.807) is 0 Å². The first-order valence-electron chi connectivity index (χ1n) is 10.4. The first-order valence-corrected chi connectivity index (χ1v) is 10.4. The van der Waals surface area contributed by atoms with Gasteiger partial charge in [0.15, 0.2) is 0 Å². The highest BCUT2D eigenvalue weighted by Gasteiger charge is 2.31. The smallest absolute Gasteiger partial charge is 0.227 e. The molecule has 0 atom stereocenters. The van der Waals surface area contributed by atoms with Gasteiger partial charge in [0, 0.05) is 49.2 Å². The quantitative estimate of drug-likeness (QED) is 0.806. The van der Waals surface area contributed by atoms with E-state index >= 15 is 0 Å². The van der Waals surface area contributed by atoms with E-state index in [0.29, 0.717) is 39.1 Å². The predicted molar refractivity (Wildman–Crippen MR) is 113 cm³/mol. The maximum Gasteiger partial charge on any atom is 0.227 e. The van der Waals surface area contributed by atoms with Gasteiger partial charge in [0.25, 0.3) is 0 Å². The molecule has 2 saturated heterocycles.